The van der Waals surface area contributed by atoms with Gasteiger partial charge < -0.3 is 15.3 Å². The van der Waals surface area contributed by atoms with Gasteiger partial charge in [0.2, 0.25) is 5.95 Å². The number of fused-ring (bicyclic) bond motifs is 1. The molecule has 2 N–H and O–H groups in total. The maximum atomic E-state index is 10.1. The van der Waals surface area contributed by atoms with E-state index in [0.29, 0.717) is 17.9 Å². The Morgan fingerprint density at radius 1 is 1.00 bits per heavy atom. The maximum absolute atomic E-state index is 10.1. The molecule has 0 radical (unpaired) electrons. The number of benzene rings is 1. The van der Waals surface area contributed by atoms with Gasteiger partial charge in [-0.15, -0.1) is 0 Å². The number of rotatable bonds is 7. The molecule has 1 saturated heterocycles. The molecule has 37 heavy (non-hydrogen) atoms. The van der Waals surface area contributed by atoms with Gasteiger partial charge >= 0.3 is 0 Å². The first-order valence-electron chi connectivity index (χ1n) is 14.2. The molecular weight excluding hydrogens is 462 g/mol. The topological polar surface area (TPSA) is 82.3 Å². The van der Waals surface area contributed by atoms with Crippen LogP contribution >= 0.6 is 0 Å². The molecule has 3 fully saturated rings. The fourth-order valence-corrected chi connectivity index (χ4v) is 6.06. The second-order valence-electron chi connectivity index (χ2n) is 11.6. The van der Waals surface area contributed by atoms with Crippen LogP contribution in [0.3, 0.4) is 0 Å². The van der Waals surface area contributed by atoms with Crippen LogP contribution in [0.1, 0.15) is 63.5 Å². The van der Waals surface area contributed by atoms with Crippen LogP contribution in [-0.4, -0.2) is 80.0 Å². The number of hydrogen-bond donors (Lipinski definition) is 2. The zero-order chi connectivity index (χ0) is 25.4. The monoisotopic (exact) mass is 503 g/mol. The molecule has 0 bridgehead atoms. The summed E-state index contributed by atoms with van der Waals surface area (Å²) in [6.45, 7) is 7.75. The Morgan fingerprint density at radius 3 is 2.41 bits per heavy atom. The molecular formula is C29H41N7O. The predicted molar refractivity (Wildman–Crippen MR) is 147 cm³/mol. The molecule has 0 amide bonds. The number of aromatic nitrogens is 4. The van der Waals surface area contributed by atoms with E-state index >= 15 is 0 Å². The van der Waals surface area contributed by atoms with Crippen molar-refractivity contribution in [2.75, 3.05) is 38.5 Å². The van der Waals surface area contributed by atoms with E-state index in [0.717, 1.165) is 80.7 Å². The van der Waals surface area contributed by atoms with E-state index in [4.69, 9.17) is 15.1 Å². The summed E-state index contributed by atoms with van der Waals surface area (Å²) in [4.78, 5) is 14.6. The van der Waals surface area contributed by atoms with Crippen molar-refractivity contribution in [3.8, 4) is 11.3 Å². The minimum absolute atomic E-state index is 0.194. The average molecular weight is 504 g/mol. The molecule has 3 aromatic rings. The third-order valence-electron chi connectivity index (χ3n) is 8.90. The van der Waals surface area contributed by atoms with Crippen LogP contribution in [0.5, 0.6) is 0 Å². The van der Waals surface area contributed by atoms with E-state index in [1.807, 2.05) is 6.20 Å². The Morgan fingerprint density at radius 2 is 1.73 bits per heavy atom. The smallest absolute Gasteiger partial charge is 0.224 e. The second kappa shape index (κ2) is 10.7. The molecule has 3 aliphatic rings. The molecule has 6 rings (SSSR count). The number of likely N-dealkylation sites (N-methyl/N-ethyl adjacent to an activating group) is 1. The molecule has 8 heteroatoms. The van der Waals surface area contributed by atoms with Crippen LogP contribution in [-0.2, 0) is 6.54 Å². The molecule has 1 aliphatic heterocycles. The van der Waals surface area contributed by atoms with Crippen molar-refractivity contribution in [1.82, 2.24) is 29.5 Å². The van der Waals surface area contributed by atoms with Crippen LogP contribution in [0.25, 0.3) is 22.3 Å². The SMILES string of the molecule is CC(Nc1ncc2c(-c3ccc(CN4CCN(C)CC4)cc3)nn([C@H]3CC[C@H](O)CC3)c2n1)C1CCC1. The summed E-state index contributed by atoms with van der Waals surface area (Å²) in [5.41, 5.74) is 4.29. The van der Waals surface area contributed by atoms with Gasteiger partial charge in [-0.25, -0.2) is 9.67 Å². The Kier molecular flexibility index (Phi) is 7.14. The van der Waals surface area contributed by atoms with Crippen molar-refractivity contribution in [2.24, 2.45) is 5.92 Å². The van der Waals surface area contributed by atoms with Gasteiger partial charge in [-0.05, 0) is 64.0 Å². The van der Waals surface area contributed by atoms with Crippen molar-refractivity contribution in [3.63, 3.8) is 0 Å². The van der Waals surface area contributed by atoms with Crippen molar-refractivity contribution in [3.05, 3.63) is 36.0 Å². The zero-order valence-electron chi connectivity index (χ0n) is 22.3. The fraction of sp³-hybridized carbons (Fsp3) is 0.621. The summed E-state index contributed by atoms with van der Waals surface area (Å²) >= 11 is 0. The first-order chi connectivity index (χ1) is 18.0. The molecule has 2 aromatic heterocycles. The Hall–Kier alpha value is -2.55. The van der Waals surface area contributed by atoms with E-state index in [9.17, 15) is 5.11 Å². The Bertz CT molecular complexity index is 1190. The summed E-state index contributed by atoms with van der Waals surface area (Å²) in [5, 5.41) is 19.8. The number of anilines is 1. The molecule has 2 saturated carbocycles. The van der Waals surface area contributed by atoms with Gasteiger partial charge in [0.05, 0.1) is 17.5 Å². The Labute approximate surface area is 220 Å². The highest BCUT2D eigenvalue weighted by Crippen LogP contribution is 2.35. The largest absolute Gasteiger partial charge is 0.393 e. The van der Waals surface area contributed by atoms with Gasteiger partial charge in [0.15, 0.2) is 5.65 Å². The Balaban J connectivity index is 1.28. The summed E-state index contributed by atoms with van der Waals surface area (Å²) < 4.78 is 2.12. The van der Waals surface area contributed by atoms with E-state index in [-0.39, 0.29) is 12.1 Å². The van der Waals surface area contributed by atoms with Gasteiger partial charge in [-0.2, -0.15) is 10.1 Å². The van der Waals surface area contributed by atoms with Crippen molar-refractivity contribution < 1.29 is 5.11 Å². The van der Waals surface area contributed by atoms with Crippen molar-refractivity contribution in [1.29, 1.82) is 0 Å². The van der Waals surface area contributed by atoms with Crippen LogP contribution in [0.4, 0.5) is 5.95 Å². The van der Waals surface area contributed by atoms with Gasteiger partial charge in [0, 0.05) is 50.5 Å². The van der Waals surface area contributed by atoms with E-state index in [2.05, 4.69) is 58.0 Å². The van der Waals surface area contributed by atoms with Gasteiger partial charge in [-0.1, -0.05) is 30.7 Å². The summed E-state index contributed by atoms with van der Waals surface area (Å²) in [6.07, 6.45) is 9.14. The normalized spacial score (nSPS) is 24.7. The van der Waals surface area contributed by atoms with Crippen LogP contribution in [0.2, 0.25) is 0 Å². The molecule has 198 valence electrons. The minimum Gasteiger partial charge on any atom is -0.393 e. The van der Waals surface area contributed by atoms with Crippen molar-refractivity contribution in [2.45, 2.75) is 76.6 Å². The van der Waals surface area contributed by atoms with Gasteiger partial charge in [0.1, 0.15) is 5.69 Å². The molecule has 1 atom stereocenters. The highest BCUT2D eigenvalue weighted by molar-refractivity contribution is 5.91. The quantitative estimate of drug-likeness (QED) is 0.497. The third-order valence-corrected chi connectivity index (χ3v) is 8.90. The predicted octanol–water partition coefficient (Wildman–Crippen LogP) is 4.32. The highest BCUT2D eigenvalue weighted by Gasteiger charge is 2.27. The summed E-state index contributed by atoms with van der Waals surface area (Å²) in [6, 6.07) is 9.52. The molecule has 3 heterocycles. The summed E-state index contributed by atoms with van der Waals surface area (Å²) in [5.74, 6) is 1.40. The van der Waals surface area contributed by atoms with Gasteiger partial charge in [-0.3, -0.25) is 4.90 Å². The standard InChI is InChI=1S/C29H41N7O/c1-20(22-4-3-5-22)31-29-30-18-26-27(33-36(28(26)32-29)24-10-12-25(37)13-11-24)23-8-6-21(7-9-23)19-35-16-14-34(2)15-17-35/h6-9,18,20,22,24-25,37H,3-5,10-17,19H2,1-2H3,(H,30,31,32)/t20?,24-,25-. The van der Waals surface area contributed by atoms with Crippen LogP contribution < -0.4 is 5.32 Å². The lowest BCUT2D eigenvalue weighted by atomic mass is 9.80. The minimum atomic E-state index is -0.194. The average Bonchev–Trinajstić information content (AvgIpc) is 3.24. The maximum Gasteiger partial charge on any atom is 0.224 e. The molecule has 1 unspecified atom stereocenters. The first kappa shape index (κ1) is 24.8. The lowest BCUT2D eigenvalue weighted by molar-refractivity contribution is 0.109. The summed E-state index contributed by atoms with van der Waals surface area (Å²) in [7, 11) is 2.20. The van der Waals surface area contributed by atoms with Crippen molar-refractivity contribution >= 4 is 17.0 Å². The fourth-order valence-electron chi connectivity index (χ4n) is 6.06. The zero-order valence-corrected chi connectivity index (χ0v) is 22.3. The third kappa shape index (κ3) is 5.38. The molecule has 8 nitrogen and oxygen atoms in total. The lowest BCUT2D eigenvalue weighted by Gasteiger charge is -2.32. The lowest BCUT2D eigenvalue weighted by Crippen LogP contribution is -2.43. The van der Waals surface area contributed by atoms with E-state index in [1.165, 1.54) is 24.8 Å². The van der Waals surface area contributed by atoms with E-state index < -0.39 is 0 Å². The number of nitrogens with zero attached hydrogens (tertiary/aromatic N) is 6. The van der Waals surface area contributed by atoms with Gasteiger partial charge in [0.25, 0.3) is 0 Å². The van der Waals surface area contributed by atoms with E-state index in [1.54, 1.807) is 0 Å². The van der Waals surface area contributed by atoms with Crippen LogP contribution in [0.15, 0.2) is 30.5 Å². The number of aliphatic hydroxyl groups is 1. The first-order valence-corrected chi connectivity index (χ1v) is 14.2. The number of aliphatic hydroxyl groups excluding tert-OH is 1. The number of nitrogens with one attached hydrogen (secondary N) is 1. The number of hydrogen-bond acceptors (Lipinski definition) is 7. The van der Waals surface area contributed by atoms with Crippen LogP contribution in [0, 0.1) is 5.92 Å². The second-order valence-corrected chi connectivity index (χ2v) is 11.6. The number of piperazine rings is 1. The molecule has 1 aromatic carbocycles. The molecule has 2 aliphatic carbocycles. The molecule has 0 spiro atoms. The highest BCUT2D eigenvalue weighted by atomic mass is 16.3.